The number of anilines is 1. The molecule has 2 aliphatic rings. The summed E-state index contributed by atoms with van der Waals surface area (Å²) in [7, 11) is 0. The molecule has 162 valence electrons. The van der Waals surface area contributed by atoms with Crippen LogP contribution in [0, 0.1) is 6.92 Å². The lowest BCUT2D eigenvalue weighted by Crippen LogP contribution is -2.36. The number of nitrogens with two attached hydrogens (primary N) is 1. The Morgan fingerprint density at radius 1 is 1.20 bits per heavy atom. The fourth-order valence-electron chi connectivity index (χ4n) is 4.24. The van der Waals surface area contributed by atoms with Gasteiger partial charge in [-0.25, -0.2) is 18.1 Å². The minimum atomic E-state index is -2.65. The van der Waals surface area contributed by atoms with Crippen molar-refractivity contribution >= 4 is 11.7 Å². The van der Waals surface area contributed by atoms with E-state index in [0.717, 1.165) is 18.8 Å². The first-order valence-corrected chi connectivity index (χ1v) is 10.2. The minimum absolute atomic E-state index is 0.0615. The van der Waals surface area contributed by atoms with Crippen LogP contribution in [-0.2, 0) is 4.74 Å². The van der Waals surface area contributed by atoms with Crippen molar-refractivity contribution in [2.45, 2.75) is 44.4 Å². The van der Waals surface area contributed by atoms with Crippen molar-refractivity contribution in [2.75, 3.05) is 31.2 Å². The van der Waals surface area contributed by atoms with Crippen molar-refractivity contribution in [1.82, 2.24) is 9.55 Å². The zero-order chi connectivity index (χ0) is 21.3. The number of primary amides is 1. The molecule has 1 aliphatic heterocycles. The summed E-state index contributed by atoms with van der Waals surface area (Å²) in [6, 6.07) is 6.82. The molecule has 4 rings (SSSR count). The highest BCUT2D eigenvalue weighted by Crippen LogP contribution is 2.42. The Morgan fingerprint density at radius 2 is 1.83 bits per heavy atom. The molecule has 1 saturated carbocycles. The maximum absolute atomic E-state index is 13.6. The average Bonchev–Trinajstić information content (AvgIpc) is 3.05. The number of carbonyl (C=O) groups excluding carboxylic acids is 1. The Kier molecular flexibility index (Phi) is 5.64. The summed E-state index contributed by atoms with van der Waals surface area (Å²) in [4.78, 5) is 18.8. The quantitative estimate of drug-likeness (QED) is 0.807. The summed E-state index contributed by atoms with van der Waals surface area (Å²) in [6.07, 6.45) is 0.140. The van der Waals surface area contributed by atoms with Crippen molar-refractivity contribution in [3.63, 3.8) is 0 Å². The van der Waals surface area contributed by atoms with Crippen LogP contribution in [0.1, 0.15) is 43.0 Å². The third-order valence-electron chi connectivity index (χ3n) is 5.81. The predicted octanol–water partition coefficient (Wildman–Crippen LogP) is 4.04. The molecule has 0 bridgehead atoms. The molecule has 1 aromatic carbocycles. The molecule has 30 heavy (non-hydrogen) atoms. The zero-order valence-corrected chi connectivity index (χ0v) is 16.9. The van der Waals surface area contributed by atoms with E-state index in [2.05, 4.69) is 9.88 Å². The maximum atomic E-state index is 13.6. The smallest absolute Gasteiger partial charge is 0.327 e. The number of aryl methyl sites for hydroxylation is 1. The van der Waals surface area contributed by atoms with Crippen molar-refractivity contribution in [2.24, 2.45) is 5.73 Å². The van der Waals surface area contributed by atoms with E-state index in [0.29, 0.717) is 30.4 Å². The number of alkyl halides is 2. The van der Waals surface area contributed by atoms with Gasteiger partial charge in [-0.05, 0) is 44.0 Å². The second kappa shape index (κ2) is 8.22. The molecule has 0 radical (unpaired) electrons. The molecule has 2 fully saturated rings. The van der Waals surface area contributed by atoms with E-state index < -0.39 is 12.0 Å². The molecule has 2 aromatic rings. The molecule has 0 spiro atoms. The van der Waals surface area contributed by atoms with Crippen molar-refractivity contribution < 1.29 is 23.0 Å². The fourth-order valence-corrected chi connectivity index (χ4v) is 4.24. The van der Waals surface area contributed by atoms with E-state index in [4.69, 9.17) is 15.2 Å². The van der Waals surface area contributed by atoms with Gasteiger partial charge in [-0.3, -0.25) is 0 Å². The Balaban J connectivity index is 1.55. The van der Waals surface area contributed by atoms with Gasteiger partial charge >= 0.3 is 12.0 Å². The topological polar surface area (TPSA) is 82.6 Å². The molecule has 0 unspecified atom stereocenters. The lowest BCUT2D eigenvalue weighted by atomic mass is 9.84. The average molecular weight is 420 g/mol. The second-order valence-electron chi connectivity index (χ2n) is 7.86. The largest absolute Gasteiger partial charge is 0.425 e. The first kappa shape index (κ1) is 20.6. The number of nitrogens with zero attached hydrogens (tertiary/aromatic N) is 3. The lowest BCUT2D eigenvalue weighted by Gasteiger charge is -2.29. The van der Waals surface area contributed by atoms with Crippen molar-refractivity contribution in [3.05, 3.63) is 35.7 Å². The number of benzene rings is 1. The zero-order valence-electron chi connectivity index (χ0n) is 16.9. The van der Waals surface area contributed by atoms with Gasteiger partial charge in [0, 0.05) is 37.5 Å². The molecule has 2 heterocycles. The van der Waals surface area contributed by atoms with Crippen LogP contribution in [-0.4, -0.2) is 47.8 Å². The first-order chi connectivity index (χ1) is 14.3. The number of amides is 1. The number of halogens is 2. The van der Waals surface area contributed by atoms with Gasteiger partial charge in [-0.15, -0.1) is 0 Å². The van der Waals surface area contributed by atoms with Gasteiger partial charge < -0.3 is 20.1 Å². The van der Waals surface area contributed by atoms with Gasteiger partial charge in [0.25, 0.3) is 0 Å². The van der Waals surface area contributed by atoms with E-state index in [1.54, 1.807) is 19.1 Å². The van der Waals surface area contributed by atoms with E-state index >= 15 is 0 Å². The lowest BCUT2D eigenvalue weighted by molar-refractivity contribution is -0.0386. The fraction of sp³-hybridized carbons (Fsp3) is 0.524. The van der Waals surface area contributed by atoms with Crippen molar-refractivity contribution in [1.29, 1.82) is 0 Å². The van der Waals surface area contributed by atoms with Gasteiger partial charge in [-0.1, -0.05) is 0 Å². The molecule has 1 aromatic heterocycles. The number of ether oxygens (including phenoxy) is 2. The van der Waals surface area contributed by atoms with Crippen LogP contribution in [0.25, 0.3) is 0 Å². The molecule has 7 nitrogen and oxygen atoms in total. The number of carbonyl (C=O) groups is 1. The molecule has 2 N–H and O–H groups in total. The van der Waals surface area contributed by atoms with Crippen LogP contribution in [0.2, 0.25) is 0 Å². The Bertz CT molecular complexity index is 898. The van der Waals surface area contributed by atoms with Crippen molar-refractivity contribution in [3.8, 4) is 11.8 Å². The highest BCUT2D eigenvalue weighted by Gasteiger charge is 2.38. The van der Waals surface area contributed by atoms with E-state index in [-0.39, 0.29) is 37.6 Å². The van der Waals surface area contributed by atoms with Crippen LogP contribution in [0.15, 0.2) is 24.3 Å². The summed E-state index contributed by atoms with van der Waals surface area (Å²) in [5, 5.41) is 0. The number of aromatic nitrogens is 2. The molecule has 1 saturated heterocycles. The van der Waals surface area contributed by atoms with Crippen LogP contribution in [0.3, 0.4) is 0 Å². The minimum Gasteiger partial charge on any atom is -0.425 e. The predicted molar refractivity (Wildman–Crippen MR) is 108 cm³/mol. The third-order valence-corrected chi connectivity index (χ3v) is 5.81. The Labute approximate surface area is 173 Å². The Morgan fingerprint density at radius 3 is 2.43 bits per heavy atom. The van der Waals surface area contributed by atoms with E-state index in [1.165, 1.54) is 4.57 Å². The van der Waals surface area contributed by atoms with Gasteiger partial charge in [-0.2, -0.15) is 4.98 Å². The summed E-state index contributed by atoms with van der Waals surface area (Å²) in [6.45, 7) is 4.80. The normalized spacial score (nSPS) is 19.6. The molecule has 1 amide bonds. The third kappa shape index (κ3) is 4.26. The van der Waals surface area contributed by atoms with Crippen LogP contribution in [0.4, 0.5) is 19.3 Å². The number of hydrogen-bond donors (Lipinski definition) is 1. The number of imidazole rings is 1. The molecule has 1 aliphatic carbocycles. The van der Waals surface area contributed by atoms with Crippen LogP contribution < -0.4 is 15.4 Å². The SMILES string of the molecule is Cc1nc(Oc2ccc(N3CCOCC3)cc2)n(C(N)=O)c1C1CCC(F)(F)CC1. The highest BCUT2D eigenvalue weighted by molar-refractivity contribution is 5.77. The molecular weight excluding hydrogens is 394 g/mol. The summed E-state index contributed by atoms with van der Waals surface area (Å²) in [5.74, 6) is -2.34. The van der Waals surface area contributed by atoms with Gasteiger partial charge in [0.1, 0.15) is 5.75 Å². The number of hydrogen-bond acceptors (Lipinski definition) is 5. The van der Waals surface area contributed by atoms with E-state index in [9.17, 15) is 13.6 Å². The summed E-state index contributed by atoms with van der Waals surface area (Å²) < 4.78 is 39.6. The van der Waals surface area contributed by atoms with Crippen LogP contribution >= 0.6 is 0 Å². The summed E-state index contributed by atoms with van der Waals surface area (Å²) >= 11 is 0. The molecule has 9 heteroatoms. The van der Waals surface area contributed by atoms with Gasteiger partial charge in [0.15, 0.2) is 0 Å². The van der Waals surface area contributed by atoms with Crippen LogP contribution in [0.5, 0.6) is 11.8 Å². The first-order valence-electron chi connectivity index (χ1n) is 10.2. The number of morpholine rings is 1. The number of rotatable bonds is 4. The maximum Gasteiger partial charge on any atom is 0.327 e. The monoisotopic (exact) mass is 420 g/mol. The highest BCUT2D eigenvalue weighted by atomic mass is 19.3. The molecular formula is C21H26F2N4O3. The summed E-state index contributed by atoms with van der Waals surface area (Å²) in [5.41, 5.74) is 7.80. The van der Waals surface area contributed by atoms with Gasteiger partial charge in [0.05, 0.1) is 24.6 Å². The second-order valence-corrected chi connectivity index (χ2v) is 7.86. The standard InChI is InChI=1S/C21H26F2N4O3/c1-14-18(15-6-8-21(22,23)9-7-15)27(19(24)28)20(25-14)30-17-4-2-16(3-5-17)26-10-12-29-13-11-26/h2-5,15H,6-13H2,1H3,(H2,24,28). The Hall–Kier alpha value is -2.68. The van der Waals surface area contributed by atoms with Gasteiger partial charge in [0.2, 0.25) is 5.92 Å². The van der Waals surface area contributed by atoms with E-state index in [1.807, 2.05) is 12.1 Å². The molecule has 0 atom stereocenters.